The molecule has 0 aliphatic rings. The third-order valence-corrected chi connectivity index (χ3v) is 2.13. The van der Waals surface area contributed by atoms with E-state index in [1.807, 2.05) is 0 Å². The highest BCUT2D eigenvalue weighted by Gasteiger charge is 2.03. The van der Waals surface area contributed by atoms with Crippen molar-refractivity contribution in [1.29, 1.82) is 0 Å². The SMILES string of the molecule is NCCCc1cn2c(F)cccc2n1. The molecule has 0 aliphatic carbocycles. The van der Waals surface area contributed by atoms with Crippen LogP contribution < -0.4 is 5.73 Å². The van der Waals surface area contributed by atoms with Gasteiger partial charge in [-0.05, 0) is 31.5 Å². The van der Waals surface area contributed by atoms with E-state index in [4.69, 9.17) is 5.73 Å². The Labute approximate surface area is 81.4 Å². The summed E-state index contributed by atoms with van der Waals surface area (Å²) in [5.74, 6) is -0.283. The van der Waals surface area contributed by atoms with Gasteiger partial charge in [0.15, 0.2) is 5.95 Å². The van der Waals surface area contributed by atoms with E-state index in [0.717, 1.165) is 18.5 Å². The van der Waals surface area contributed by atoms with Crippen molar-refractivity contribution in [2.45, 2.75) is 12.8 Å². The lowest BCUT2D eigenvalue weighted by Crippen LogP contribution is -2.00. The first kappa shape index (κ1) is 9.15. The van der Waals surface area contributed by atoms with Crippen LogP contribution in [0.4, 0.5) is 4.39 Å². The number of hydrogen-bond donors (Lipinski definition) is 1. The van der Waals surface area contributed by atoms with Crippen molar-refractivity contribution in [3.8, 4) is 0 Å². The zero-order valence-corrected chi connectivity index (χ0v) is 7.78. The van der Waals surface area contributed by atoms with Gasteiger partial charge in [0.2, 0.25) is 0 Å². The number of nitrogens with zero attached hydrogens (tertiary/aromatic N) is 2. The molecule has 2 heterocycles. The highest BCUT2D eigenvalue weighted by atomic mass is 19.1. The normalized spacial score (nSPS) is 11.0. The molecule has 2 aromatic heterocycles. The lowest BCUT2D eigenvalue weighted by Gasteiger charge is -1.92. The highest BCUT2D eigenvalue weighted by Crippen LogP contribution is 2.08. The van der Waals surface area contributed by atoms with Crippen molar-refractivity contribution >= 4 is 5.65 Å². The smallest absolute Gasteiger partial charge is 0.199 e. The second kappa shape index (κ2) is 3.75. The minimum atomic E-state index is -0.283. The van der Waals surface area contributed by atoms with Gasteiger partial charge in [-0.3, -0.25) is 4.40 Å². The average Bonchev–Trinajstić information content (AvgIpc) is 2.59. The van der Waals surface area contributed by atoms with Crippen LogP contribution in [0.1, 0.15) is 12.1 Å². The largest absolute Gasteiger partial charge is 0.330 e. The quantitative estimate of drug-likeness (QED) is 0.748. The minimum absolute atomic E-state index is 0.283. The minimum Gasteiger partial charge on any atom is -0.330 e. The molecule has 0 radical (unpaired) electrons. The van der Waals surface area contributed by atoms with Gasteiger partial charge in [0.25, 0.3) is 0 Å². The Kier molecular flexibility index (Phi) is 2.45. The van der Waals surface area contributed by atoms with Crippen molar-refractivity contribution in [1.82, 2.24) is 9.38 Å². The van der Waals surface area contributed by atoms with Gasteiger partial charge in [0, 0.05) is 6.20 Å². The number of fused-ring (bicyclic) bond motifs is 1. The first-order valence-electron chi connectivity index (χ1n) is 4.64. The van der Waals surface area contributed by atoms with Crippen LogP contribution in [-0.4, -0.2) is 15.9 Å². The molecule has 4 heteroatoms. The van der Waals surface area contributed by atoms with Crippen LogP contribution in [0.25, 0.3) is 5.65 Å². The number of imidazole rings is 1. The van der Waals surface area contributed by atoms with Gasteiger partial charge in [-0.15, -0.1) is 0 Å². The monoisotopic (exact) mass is 193 g/mol. The fourth-order valence-electron chi connectivity index (χ4n) is 1.43. The molecular formula is C10H12FN3. The van der Waals surface area contributed by atoms with Gasteiger partial charge < -0.3 is 5.73 Å². The Morgan fingerprint density at radius 2 is 2.29 bits per heavy atom. The predicted molar refractivity (Wildman–Crippen MR) is 52.5 cm³/mol. The molecule has 0 bridgehead atoms. The molecule has 0 unspecified atom stereocenters. The number of halogens is 1. The van der Waals surface area contributed by atoms with E-state index < -0.39 is 0 Å². The summed E-state index contributed by atoms with van der Waals surface area (Å²) in [6, 6.07) is 4.86. The summed E-state index contributed by atoms with van der Waals surface area (Å²) in [5.41, 5.74) is 6.93. The summed E-state index contributed by atoms with van der Waals surface area (Å²) in [6.45, 7) is 0.635. The molecule has 0 atom stereocenters. The summed E-state index contributed by atoms with van der Waals surface area (Å²) in [4.78, 5) is 4.28. The zero-order chi connectivity index (χ0) is 9.97. The number of hydrogen-bond acceptors (Lipinski definition) is 2. The standard InChI is InChI=1S/C10H12FN3/c11-9-4-1-5-10-13-8(3-2-6-12)7-14(9)10/h1,4-5,7H,2-3,6,12H2. The van der Waals surface area contributed by atoms with E-state index in [1.165, 1.54) is 10.5 Å². The van der Waals surface area contributed by atoms with Gasteiger partial charge >= 0.3 is 0 Å². The van der Waals surface area contributed by atoms with E-state index in [-0.39, 0.29) is 5.95 Å². The van der Waals surface area contributed by atoms with E-state index in [0.29, 0.717) is 12.2 Å². The first-order chi connectivity index (χ1) is 6.81. The summed E-state index contributed by atoms with van der Waals surface area (Å²) >= 11 is 0. The van der Waals surface area contributed by atoms with Gasteiger partial charge in [0.1, 0.15) is 5.65 Å². The Balaban J connectivity index is 2.36. The topological polar surface area (TPSA) is 43.3 Å². The van der Waals surface area contributed by atoms with Crippen LogP contribution in [0.3, 0.4) is 0 Å². The maximum absolute atomic E-state index is 13.2. The van der Waals surface area contributed by atoms with E-state index >= 15 is 0 Å². The van der Waals surface area contributed by atoms with Gasteiger partial charge in [0.05, 0.1) is 5.69 Å². The van der Waals surface area contributed by atoms with Crippen molar-refractivity contribution in [2.75, 3.05) is 6.54 Å². The van der Waals surface area contributed by atoms with Crippen molar-refractivity contribution in [3.63, 3.8) is 0 Å². The van der Waals surface area contributed by atoms with Crippen LogP contribution >= 0.6 is 0 Å². The van der Waals surface area contributed by atoms with Gasteiger partial charge in [-0.1, -0.05) is 6.07 Å². The van der Waals surface area contributed by atoms with Crippen molar-refractivity contribution in [3.05, 3.63) is 36.0 Å². The number of pyridine rings is 1. The first-order valence-corrected chi connectivity index (χ1v) is 4.64. The molecule has 0 fully saturated rings. The Hall–Kier alpha value is -1.42. The second-order valence-electron chi connectivity index (χ2n) is 3.20. The molecule has 14 heavy (non-hydrogen) atoms. The second-order valence-corrected chi connectivity index (χ2v) is 3.20. The summed E-state index contributed by atoms with van der Waals surface area (Å²) in [7, 11) is 0. The molecule has 0 amide bonds. The zero-order valence-electron chi connectivity index (χ0n) is 7.78. The highest BCUT2D eigenvalue weighted by molar-refractivity contribution is 5.39. The van der Waals surface area contributed by atoms with E-state index in [2.05, 4.69) is 4.98 Å². The van der Waals surface area contributed by atoms with Crippen molar-refractivity contribution < 1.29 is 4.39 Å². The summed E-state index contributed by atoms with van der Waals surface area (Å²) in [5, 5.41) is 0. The Morgan fingerprint density at radius 1 is 1.43 bits per heavy atom. The number of nitrogens with two attached hydrogens (primary N) is 1. The molecule has 3 nitrogen and oxygen atoms in total. The van der Waals surface area contributed by atoms with Gasteiger partial charge in [-0.25, -0.2) is 4.98 Å². The van der Waals surface area contributed by atoms with Gasteiger partial charge in [-0.2, -0.15) is 4.39 Å². The molecular weight excluding hydrogens is 181 g/mol. The maximum Gasteiger partial charge on any atom is 0.199 e. The van der Waals surface area contributed by atoms with Crippen LogP contribution in [0.2, 0.25) is 0 Å². The van der Waals surface area contributed by atoms with Crippen LogP contribution in [-0.2, 0) is 6.42 Å². The fourth-order valence-corrected chi connectivity index (χ4v) is 1.43. The van der Waals surface area contributed by atoms with E-state index in [1.54, 1.807) is 18.3 Å². The van der Waals surface area contributed by atoms with Crippen LogP contribution in [0.15, 0.2) is 24.4 Å². The number of aromatic nitrogens is 2. The van der Waals surface area contributed by atoms with Crippen LogP contribution in [0.5, 0.6) is 0 Å². The molecule has 0 aliphatic heterocycles. The molecule has 2 rings (SSSR count). The molecule has 0 spiro atoms. The summed E-state index contributed by atoms with van der Waals surface area (Å²) < 4.78 is 14.7. The maximum atomic E-state index is 13.2. The van der Waals surface area contributed by atoms with Crippen LogP contribution in [0, 0.1) is 5.95 Å². The number of rotatable bonds is 3. The lowest BCUT2D eigenvalue weighted by molar-refractivity contribution is 0.567. The molecule has 0 aromatic carbocycles. The third kappa shape index (κ3) is 1.61. The summed E-state index contributed by atoms with van der Waals surface area (Å²) in [6.07, 6.45) is 3.41. The van der Waals surface area contributed by atoms with E-state index in [9.17, 15) is 4.39 Å². The Morgan fingerprint density at radius 3 is 3.00 bits per heavy atom. The predicted octanol–water partition coefficient (Wildman–Crippen LogP) is 1.36. The third-order valence-electron chi connectivity index (χ3n) is 2.13. The fraction of sp³-hybridized carbons (Fsp3) is 0.300. The average molecular weight is 193 g/mol. The molecule has 2 N–H and O–H groups in total. The molecule has 0 saturated heterocycles. The number of aryl methyl sites for hydroxylation is 1. The molecule has 74 valence electrons. The molecule has 2 aromatic rings. The lowest BCUT2D eigenvalue weighted by atomic mass is 10.2. The Bertz CT molecular complexity index is 436. The molecule has 0 saturated carbocycles. The van der Waals surface area contributed by atoms with Crippen molar-refractivity contribution in [2.24, 2.45) is 5.73 Å².